The average molecular weight is 494 g/mol. The Bertz CT molecular complexity index is 1410. The molecule has 9 heteroatoms. The first kappa shape index (κ1) is 24.7. The Morgan fingerprint density at radius 2 is 1.91 bits per heavy atom. The fourth-order valence-electron chi connectivity index (χ4n) is 4.16. The van der Waals surface area contributed by atoms with Crippen LogP contribution >= 0.6 is 11.3 Å². The first-order chi connectivity index (χ1) is 16.7. The largest absolute Gasteiger partial charge is 0.456 e. The van der Waals surface area contributed by atoms with E-state index in [-0.39, 0.29) is 11.8 Å². The number of thiophene rings is 1. The van der Waals surface area contributed by atoms with Crippen molar-refractivity contribution in [2.75, 3.05) is 41.3 Å². The van der Waals surface area contributed by atoms with Gasteiger partial charge in [0.25, 0.3) is 11.8 Å². The van der Waals surface area contributed by atoms with Gasteiger partial charge in [-0.25, -0.2) is 0 Å². The summed E-state index contributed by atoms with van der Waals surface area (Å²) < 4.78 is 9.08. The standard InChI is InChI=1S/C26H31N5O3S/c1-16-23(25(32)27-2)18-9-8-17(14-20(18)31(16)6)34-21-10-11-28-19-15-22(35-24(19)21)26(33)30(5)13-7-12-29(3)4/h8-11,14-15H,7,12-13H2,1-6H3,(H,27,32). The molecule has 0 aliphatic heterocycles. The van der Waals surface area contributed by atoms with Crippen molar-refractivity contribution in [3.05, 3.63) is 52.7 Å². The summed E-state index contributed by atoms with van der Waals surface area (Å²) in [4.78, 5) is 34.3. The minimum atomic E-state index is -0.111. The molecule has 0 aliphatic rings. The van der Waals surface area contributed by atoms with Crippen molar-refractivity contribution in [2.45, 2.75) is 13.3 Å². The highest BCUT2D eigenvalue weighted by molar-refractivity contribution is 7.21. The topological polar surface area (TPSA) is 79.7 Å². The lowest BCUT2D eigenvalue weighted by atomic mass is 10.1. The van der Waals surface area contributed by atoms with Gasteiger partial charge >= 0.3 is 0 Å². The van der Waals surface area contributed by atoms with Crippen LogP contribution in [0.2, 0.25) is 0 Å². The molecule has 1 aromatic carbocycles. The summed E-state index contributed by atoms with van der Waals surface area (Å²) >= 11 is 1.39. The summed E-state index contributed by atoms with van der Waals surface area (Å²) in [6.07, 6.45) is 2.60. The fraction of sp³-hybridized carbons (Fsp3) is 0.346. The number of benzene rings is 1. The van der Waals surface area contributed by atoms with Crippen LogP contribution in [-0.2, 0) is 7.05 Å². The molecular formula is C26H31N5O3S. The van der Waals surface area contributed by atoms with Crippen molar-refractivity contribution in [1.82, 2.24) is 24.7 Å². The van der Waals surface area contributed by atoms with Gasteiger partial charge in [-0.3, -0.25) is 14.6 Å². The van der Waals surface area contributed by atoms with Crippen molar-refractivity contribution in [1.29, 1.82) is 0 Å². The number of ether oxygens (including phenoxy) is 1. The fourth-order valence-corrected chi connectivity index (χ4v) is 5.22. The van der Waals surface area contributed by atoms with Gasteiger partial charge in [0.15, 0.2) is 0 Å². The number of carbonyl (C=O) groups is 2. The highest BCUT2D eigenvalue weighted by atomic mass is 32.1. The van der Waals surface area contributed by atoms with Crippen LogP contribution < -0.4 is 10.1 Å². The third-order valence-corrected chi connectivity index (χ3v) is 7.31. The molecule has 0 unspecified atom stereocenters. The van der Waals surface area contributed by atoms with Gasteiger partial charge in [0.1, 0.15) is 11.5 Å². The summed E-state index contributed by atoms with van der Waals surface area (Å²) in [6, 6.07) is 9.34. The maximum Gasteiger partial charge on any atom is 0.263 e. The van der Waals surface area contributed by atoms with Gasteiger partial charge in [-0.15, -0.1) is 11.3 Å². The Labute approximate surface area is 209 Å². The van der Waals surface area contributed by atoms with E-state index in [4.69, 9.17) is 4.74 Å². The van der Waals surface area contributed by atoms with E-state index in [2.05, 4.69) is 15.2 Å². The van der Waals surface area contributed by atoms with Gasteiger partial charge in [-0.05, 0) is 52.2 Å². The van der Waals surface area contributed by atoms with E-state index < -0.39 is 0 Å². The molecule has 0 bridgehead atoms. The summed E-state index contributed by atoms with van der Waals surface area (Å²) in [5, 5.41) is 3.59. The average Bonchev–Trinajstić information content (AvgIpc) is 3.38. The monoisotopic (exact) mass is 493 g/mol. The van der Waals surface area contributed by atoms with Crippen LogP contribution in [0, 0.1) is 6.92 Å². The number of hydrogen-bond acceptors (Lipinski definition) is 6. The summed E-state index contributed by atoms with van der Waals surface area (Å²) in [5.41, 5.74) is 3.19. The molecule has 0 saturated heterocycles. The maximum atomic E-state index is 13.0. The number of amides is 2. The molecule has 3 heterocycles. The Hall–Kier alpha value is -3.43. The van der Waals surface area contributed by atoms with E-state index in [0.717, 1.165) is 39.8 Å². The second-order valence-corrected chi connectivity index (χ2v) is 9.95. The van der Waals surface area contributed by atoms with Gasteiger partial charge in [-0.1, -0.05) is 0 Å². The molecular weight excluding hydrogens is 462 g/mol. The molecule has 0 atom stereocenters. The number of pyridine rings is 1. The molecule has 8 nitrogen and oxygen atoms in total. The van der Waals surface area contributed by atoms with Crippen LogP contribution in [0.4, 0.5) is 0 Å². The normalized spacial score (nSPS) is 11.4. The Kier molecular flexibility index (Phi) is 7.09. The molecule has 1 N–H and O–H groups in total. The number of carbonyl (C=O) groups excluding carboxylic acids is 2. The summed E-state index contributed by atoms with van der Waals surface area (Å²) in [6.45, 7) is 3.55. The van der Waals surface area contributed by atoms with E-state index in [1.807, 2.05) is 70.0 Å². The molecule has 35 heavy (non-hydrogen) atoms. The molecule has 3 aromatic heterocycles. The minimum absolute atomic E-state index is 0.0138. The molecule has 0 fully saturated rings. The van der Waals surface area contributed by atoms with Crippen molar-refractivity contribution in [3.8, 4) is 11.5 Å². The third-order valence-electron chi connectivity index (χ3n) is 6.18. The highest BCUT2D eigenvalue weighted by Crippen LogP contribution is 2.37. The third kappa shape index (κ3) is 4.87. The Morgan fingerprint density at radius 3 is 2.63 bits per heavy atom. The van der Waals surface area contributed by atoms with Crippen molar-refractivity contribution >= 4 is 44.3 Å². The van der Waals surface area contributed by atoms with Crippen LogP contribution in [0.25, 0.3) is 21.1 Å². The predicted molar refractivity (Wildman–Crippen MR) is 141 cm³/mol. The zero-order valence-corrected chi connectivity index (χ0v) is 21.8. The van der Waals surface area contributed by atoms with Crippen LogP contribution in [-0.4, -0.2) is 72.4 Å². The van der Waals surface area contributed by atoms with Crippen LogP contribution in [0.3, 0.4) is 0 Å². The molecule has 0 spiro atoms. The van der Waals surface area contributed by atoms with Crippen molar-refractivity contribution in [3.63, 3.8) is 0 Å². The van der Waals surface area contributed by atoms with Crippen LogP contribution in [0.1, 0.15) is 32.1 Å². The Morgan fingerprint density at radius 1 is 1.14 bits per heavy atom. The van der Waals surface area contributed by atoms with E-state index >= 15 is 0 Å². The zero-order chi connectivity index (χ0) is 25.3. The predicted octanol–water partition coefficient (Wildman–Crippen LogP) is 4.27. The van der Waals surface area contributed by atoms with Gasteiger partial charge in [-0.2, -0.15) is 0 Å². The number of hydrogen-bond donors (Lipinski definition) is 1. The summed E-state index contributed by atoms with van der Waals surface area (Å²) in [5.74, 6) is 1.17. The molecule has 2 amide bonds. The van der Waals surface area contributed by atoms with Gasteiger partial charge in [0, 0.05) is 57.1 Å². The number of aryl methyl sites for hydroxylation is 1. The van der Waals surface area contributed by atoms with Gasteiger partial charge in [0.05, 0.1) is 26.2 Å². The number of aromatic nitrogens is 2. The van der Waals surface area contributed by atoms with Gasteiger partial charge in [0.2, 0.25) is 0 Å². The number of rotatable bonds is 8. The molecule has 0 radical (unpaired) electrons. The SMILES string of the molecule is CNC(=O)c1c(C)n(C)c2cc(Oc3ccnc4cc(C(=O)N(C)CCCN(C)C)sc34)ccc12. The van der Waals surface area contributed by atoms with Gasteiger partial charge < -0.3 is 24.4 Å². The molecule has 0 aliphatic carbocycles. The number of fused-ring (bicyclic) bond motifs is 2. The molecule has 184 valence electrons. The first-order valence-electron chi connectivity index (χ1n) is 11.5. The smallest absolute Gasteiger partial charge is 0.263 e. The van der Waals surface area contributed by atoms with E-state index in [1.165, 1.54) is 11.3 Å². The minimum Gasteiger partial charge on any atom is -0.456 e. The highest BCUT2D eigenvalue weighted by Gasteiger charge is 2.20. The second kappa shape index (κ2) is 10.1. The quantitative estimate of drug-likeness (QED) is 0.397. The number of nitrogens with zero attached hydrogens (tertiary/aromatic N) is 4. The van der Waals surface area contributed by atoms with E-state index in [1.54, 1.807) is 18.1 Å². The van der Waals surface area contributed by atoms with Crippen molar-refractivity contribution < 1.29 is 14.3 Å². The summed E-state index contributed by atoms with van der Waals surface area (Å²) in [7, 11) is 9.45. The molecule has 0 saturated carbocycles. The van der Waals surface area contributed by atoms with Crippen LogP contribution in [0.15, 0.2) is 36.5 Å². The zero-order valence-electron chi connectivity index (χ0n) is 21.0. The maximum absolute atomic E-state index is 13.0. The lowest BCUT2D eigenvalue weighted by Gasteiger charge is -2.17. The first-order valence-corrected chi connectivity index (χ1v) is 12.3. The van der Waals surface area contributed by atoms with E-state index in [0.29, 0.717) is 28.5 Å². The molecule has 4 rings (SSSR count). The lowest BCUT2D eigenvalue weighted by Crippen LogP contribution is -2.29. The van der Waals surface area contributed by atoms with E-state index in [9.17, 15) is 9.59 Å². The van der Waals surface area contributed by atoms with Crippen LogP contribution in [0.5, 0.6) is 11.5 Å². The van der Waals surface area contributed by atoms with Crippen molar-refractivity contribution in [2.24, 2.45) is 7.05 Å². The lowest BCUT2D eigenvalue weighted by molar-refractivity contribution is 0.0795. The molecule has 4 aromatic rings. The Balaban J connectivity index is 1.61. The second-order valence-electron chi connectivity index (χ2n) is 8.90. The number of nitrogens with one attached hydrogen (secondary N) is 1.